The Morgan fingerprint density at radius 2 is 2.36 bits per heavy atom. The lowest BCUT2D eigenvalue weighted by Crippen LogP contribution is -2.04. The van der Waals surface area contributed by atoms with E-state index in [1.165, 1.54) is 7.11 Å². The van der Waals surface area contributed by atoms with Crippen LogP contribution in [-0.4, -0.2) is 13.1 Å². The van der Waals surface area contributed by atoms with Gasteiger partial charge in [-0.2, -0.15) is 5.26 Å². The number of hydrogen-bond acceptors (Lipinski definition) is 3. The first kappa shape index (κ1) is 11.0. The number of rotatable bonds is 2. The molecule has 72 valence electrons. The minimum Gasteiger partial charge on any atom is -0.465 e. The second-order valence-electron chi connectivity index (χ2n) is 2.61. The topological polar surface area (TPSA) is 50.1 Å². The summed E-state index contributed by atoms with van der Waals surface area (Å²) in [7, 11) is 1.34. The normalized spacial score (nSPS) is 9.21. The Balaban J connectivity index is 3.19. The quantitative estimate of drug-likeness (QED) is 0.478. The Morgan fingerprint density at radius 3 is 2.86 bits per heavy atom. The molecule has 0 aromatic heterocycles. The second-order valence-corrected chi connectivity index (χ2v) is 3.37. The van der Waals surface area contributed by atoms with Crippen LogP contribution in [0.5, 0.6) is 0 Å². The first-order valence-corrected chi connectivity index (χ1v) is 5.42. The van der Waals surface area contributed by atoms with Crippen molar-refractivity contribution in [2.24, 2.45) is 0 Å². The summed E-state index contributed by atoms with van der Waals surface area (Å²) in [4.78, 5) is 11.3. The van der Waals surface area contributed by atoms with Crippen molar-refractivity contribution < 1.29 is 9.53 Å². The summed E-state index contributed by atoms with van der Waals surface area (Å²) in [6, 6.07) is 6.97. The van der Waals surface area contributed by atoms with Crippen molar-refractivity contribution in [1.29, 1.82) is 5.26 Å². The molecule has 0 aliphatic carbocycles. The van der Waals surface area contributed by atoms with Gasteiger partial charge in [0.15, 0.2) is 0 Å². The lowest BCUT2D eigenvalue weighted by molar-refractivity contribution is 0.0600. The molecule has 0 unspecified atom stereocenters. The fraction of sp³-hybridized carbons (Fsp3) is 0.200. The molecule has 0 spiro atoms. The molecule has 0 heterocycles. The summed E-state index contributed by atoms with van der Waals surface area (Å²) in [5.41, 5.74) is 1.92. The molecule has 0 fully saturated rings. The van der Waals surface area contributed by atoms with Crippen molar-refractivity contribution in [2.45, 2.75) is 4.43 Å². The van der Waals surface area contributed by atoms with Gasteiger partial charge in [-0.3, -0.25) is 0 Å². The summed E-state index contributed by atoms with van der Waals surface area (Å²) < 4.78 is 5.31. The van der Waals surface area contributed by atoms with E-state index >= 15 is 0 Å². The Labute approximate surface area is 95.8 Å². The molecule has 3 nitrogen and oxygen atoms in total. The van der Waals surface area contributed by atoms with Gasteiger partial charge < -0.3 is 4.74 Å². The fourth-order valence-electron chi connectivity index (χ4n) is 1.08. The highest BCUT2D eigenvalue weighted by molar-refractivity contribution is 14.1. The number of nitrogens with zero attached hydrogens (tertiary/aromatic N) is 1. The molecule has 0 N–H and O–H groups in total. The van der Waals surface area contributed by atoms with Gasteiger partial charge in [-0.15, -0.1) is 0 Å². The molecule has 1 rings (SSSR count). The van der Waals surface area contributed by atoms with Crippen LogP contribution >= 0.6 is 22.6 Å². The molecule has 14 heavy (non-hydrogen) atoms. The molecule has 4 heteroatoms. The van der Waals surface area contributed by atoms with E-state index in [-0.39, 0.29) is 5.97 Å². The molecule has 0 aliphatic heterocycles. The van der Waals surface area contributed by atoms with E-state index < -0.39 is 0 Å². The van der Waals surface area contributed by atoms with Crippen LogP contribution in [0.25, 0.3) is 0 Å². The van der Waals surface area contributed by atoms with E-state index in [1.807, 2.05) is 6.07 Å². The van der Waals surface area contributed by atoms with Gasteiger partial charge in [0.2, 0.25) is 0 Å². The molecule has 0 atom stereocenters. The summed E-state index contributed by atoms with van der Waals surface area (Å²) in [5.74, 6) is -0.360. The van der Waals surface area contributed by atoms with E-state index in [0.717, 1.165) is 5.56 Å². The molecule has 0 saturated heterocycles. The number of halogens is 1. The van der Waals surface area contributed by atoms with Crippen molar-refractivity contribution in [3.8, 4) is 6.07 Å². The standard InChI is InChI=1S/C10H8INO2/c1-14-10(13)9-3-2-7(6-12)4-8(9)5-11/h2-4H,5H2,1H3. The van der Waals surface area contributed by atoms with Gasteiger partial charge in [0.05, 0.1) is 24.3 Å². The predicted octanol–water partition coefficient (Wildman–Crippen LogP) is 2.28. The van der Waals surface area contributed by atoms with Gasteiger partial charge in [0.25, 0.3) is 0 Å². The van der Waals surface area contributed by atoms with Crippen LogP contribution in [0.2, 0.25) is 0 Å². The Hall–Kier alpha value is -1.09. The smallest absolute Gasteiger partial charge is 0.338 e. The third-order valence-electron chi connectivity index (χ3n) is 1.78. The van der Waals surface area contributed by atoms with E-state index in [9.17, 15) is 4.79 Å². The molecule has 0 aliphatic rings. The summed E-state index contributed by atoms with van der Waals surface area (Å²) in [6.07, 6.45) is 0. The summed E-state index contributed by atoms with van der Waals surface area (Å²) in [5, 5.41) is 8.68. The minimum atomic E-state index is -0.360. The maximum atomic E-state index is 11.3. The molecule has 0 saturated carbocycles. The first-order chi connectivity index (χ1) is 6.72. The molecule has 0 amide bonds. The maximum absolute atomic E-state index is 11.3. The molecule has 0 radical (unpaired) electrons. The van der Waals surface area contributed by atoms with Gasteiger partial charge in [0.1, 0.15) is 0 Å². The van der Waals surface area contributed by atoms with Crippen molar-refractivity contribution in [1.82, 2.24) is 0 Å². The number of ether oxygens (including phenoxy) is 1. The van der Waals surface area contributed by atoms with Crippen LogP contribution in [0, 0.1) is 11.3 Å². The SMILES string of the molecule is COC(=O)c1ccc(C#N)cc1CI. The highest BCUT2D eigenvalue weighted by Gasteiger charge is 2.10. The Bertz CT molecular complexity index is 396. The minimum absolute atomic E-state index is 0.360. The van der Waals surface area contributed by atoms with E-state index in [2.05, 4.69) is 27.3 Å². The maximum Gasteiger partial charge on any atom is 0.338 e. The van der Waals surface area contributed by atoms with Gasteiger partial charge in [-0.25, -0.2) is 4.79 Å². The third kappa shape index (κ3) is 2.23. The van der Waals surface area contributed by atoms with Gasteiger partial charge in [0, 0.05) is 4.43 Å². The predicted molar refractivity (Wildman–Crippen MR) is 60.2 cm³/mol. The third-order valence-corrected chi connectivity index (χ3v) is 2.61. The van der Waals surface area contributed by atoms with Gasteiger partial charge in [-0.05, 0) is 23.8 Å². The zero-order valence-electron chi connectivity index (χ0n) is 7.58. The first-order valence-electron chi connectivity index (χ1n) is 3.90. The summed E-state index contributed by atoms with van der Waals surface area (Å²) >= 11 is 2.14. The van der Waals surface area contributed by atoms with E-state index in [4.69, 9.17) is 5.26 Å². The molecule has 1 aromatic rings. The monoisotopic (exact) mass is 301 g/mol. The van der Waals surface area contributed by atoms with Crippen LogP contribution in [0.4, 0.5) is 0 Å². The van der Waals surface area contributed by atoms with Crippen LogP contribution in [0.1, 0.15) is 21.5 Å². The average molecular weight is 301 g/mol. The number of nitriles is 1. The number of esters is 1. The number of hydrogen-bond donors (Lipinski definition) is 0. The number of alkyl halides is 1. The largest absolute Gasteiger partial charge is 0.465 e. The number of benzene rings is 1. The summed E-state index contributed by atoms with van der Waals surface area (Å²) in [6.45, 7) is 0. The van der Waals surface area contributed by atoms with Crippen LogP contribution in [-0.2, 0) is 9.16 Å². The highest BCUT2D eigenvalue weighted by Crippen LogP contribution is 2.16. The zero-order chi connectivity index (χ0) is 10.6. The lowest BCUT2D eigenvalue weighted by Gasteiger charge is -2.04. The molecular formula is C10H8INO2. The van der Waals surface area contributed by atoms with Gasteiger partial charge in [-0.1, -0.05) is 22.6 Å². The lowest BCUT2D eigenvalue weighted by atomic mass is 10.1. The van der Waals surface area contributed by atoms with Crippen molar-refractivity contribution in [3.63, 3.8) is 0 Å². The number of carbonyl (C=O) groups is 1. The molecule has 0 bridgehead atoms. The highest BCUT2D eigenvalue weighted by atomic mass is 127. The Kier molecular flexibility index (Phi) is 3.89. The van der Waals surface area contributed by atoms with E-state index in [1.54, 1.807) is 18.2 Å². The van der Waals surface area contributed by atoms with Crippen molar-refractivity contribution >= 4 is 28.6 Å². The van der Waals surface area contributed by atoms with Crippen LogP contribution < -0.4 is 0 Å². The average Bonchev–Trinajstić information content (AvgIpc) is 2.27. The molecule has 1 aromatic carbocycles. The second kappa shape index (κ2) is 4.96. The zero-order valence-corrected chi connectivity index (χ0v) is 9.74. The van der Waals surface area contributed by atoms with Crippen LogP contribution in [0.15, 0.2) is 18.2 Å². The molecular weight excluding hydrogens is 293 g/mol. The number of carbonyl (C=O) groups excluding carboxylic acids is 1. The van der Waals surface area contributed by atoms with Gasteiger partial charge >= 0.3 is 5.97 Å². The van der Waals surface area contributed by atoms with Crippen LogP contribution in [0.3, 0.4) is 0 Å². The van der Waals surface area contributed by atoms with Crippen molar-refractivity contribution in [3.05, 3.63) is 34.9 Å². The number of methoxy groups -OCH3 is 1. The Morgan fingerprint density at radius 1 is 1.64 bits per heavy atom. The van der Waals surface area contributed by atoms with Crippen molar-refractivity contribution in [2.75, 3.05) is 7.11 Å². The van der Waals surface area contributed by atoms with E-state index in [0.29, 0.717) is 15.6 Å². The fourth-order valence-corrected chi connectivity index (χ4v) is 1.71.